The van der Waals surface area contributed by atoms with Crippen molar-refractivity contribution in [2.45, 2.75) is 40.3 Å². The zero-order valence-electron chi connectivity index (χ0n) is 12.2. The molecule has 1 amide bonds. The van der Waals surface area contributed by atoms with Crippen molar-refractivity contribution in [3.8, 4) is 0 Å². The Kier molecular flexibility index (Phi) is 4.26. The fourth-order valence-electron chi connectivity index (χ4n) is 1.90. The lowest BCUT2D eigenvalue weighted by Gasteiger charge is -2.28. The van der Waals surface area contributed by atoms with Crippen molar-refractivity contribution in [1.29, 1.82) is 0 Å². The third-order valence-corrected chi connectivity index (χ3v) is 2.93. The van der Waals surface area contributed by atoms with Gasteiger partial charge in [-0.1, -0.05) is 5.16 Å². The molecule has 1 aliphatic rings. The summed E-state index contributed by atoms with van der Waals surface area (Å²) in [7, 11) is 0. The standard InChI is InChI=1S/C13H19N3O4/c1-8(2)16(7-11-14-10(4)20-15-11)13(17)12-9(3)18-5-6-19-12/h8H,5-7H2,1-4H3. The van der Waals surface area contributed by atoms with Crippen LogP contribution >= 0.6 is 0 Å². The first-order valence-electron chi connectivity index (χ1n) is 6.55. The SMILES string of the molecule is CC1=C(C(=O)N(Cc2noc(C)n2)C(C)C)OCCO1. The first kappa shape index (κ1) is 14.4. The van der Waals surface area contributed by atoms with Gasteiger partial charge in [0, 0.05) is 13.0 Å². The molecule has 0 fully saturated rings. The number of ether oxygens (including phenoxy) is 2. The maximum Gasteiger partial charge on any atom is 0.293 e. The average Bonchev–Trinajstić information content (AvgIpc) is 2.81. The second-order valence-electron chi connectivity index (χ2n) is 4.84. The van der Waals surface area contributed by atoms with Gasteiger partial charge in [0.05, 0.1) is 6.54 Å². The Bertz CT molecular complexity index is 521. The number of nitrogens with zero attached hydrogens (tertiary/aromatic N) is 3. The Morgan fingerprint density at radius 1 is 1.30 bits per heavy atom. The van der Waals surface area contributed by atoms with Gasteiger partial charge in [-0.15, -0.1) is 0 Å². The van der Waals surface area contributed by atoms with Gasteiger partial charge in [0.15, 0.2) is 5.82 Å². The predicted octanol–water partition coefficient (Wildman–Crippen LogP) is 1.39. The van der Waals surface area contributed by atoms with Crippen LogP contribution in [0.4, 0.5) is 0 Å². The molecule has 0 N–H and O–H groups in total. The van der Waals surface area contributed by atoms with Crippen LogP contribution < -0.4 is 0 Å². The first-order valence-corrected chi connectivity index (χ1v) is 6.55. The number of allylic oxidation sites excluding steroid dienone is 1. The number of rotatable bonds is 4. The first-order chi connectivity index (χ1) is 9.49. The van der Waals surface area contributed by atoms with E-state index in [1.807, 2.05) is 13.8 Å². The van der Waals surface area contributed by atoms with E-state index in [2.05, 4.69) is 10.1 Å². The smallest absolute Gasteiger partial charge is 0.293 e. The van der Waals surface area contributed by atoms with Gasteiger partial charge in [-0.25, -0.2) is 0 Å². The lowest BCUT2D eigenvalue weighted by atomic mass is 10.2. The minimum atomic E-state index is -0.223. The summed E-state index contributed by atoms with van der Waals surface area (Å²) in [4.78, 5) is 18.3. The Hall–Kier alpha value is -2.05. The monoisotopic (exact) mass is 281 g/mol. The summed E-state index contributed by atoms with van der Waals surface area (Å²) in [5, 5.41) is 3.82. The summed E-state index contributed by atoms with van der Waals surface area (Å²) < 4.78 is 15.7. The fraction of sp³-hybridized carbons (Fsp3) is 0.615. The van der Waals surface area contributed by atoms with Crippen LogP contribution in [-0.2, 0) is 20.8 Å². The summed E-state index contributed by atoms with van der Waals surface area (Å²) in [6.45, 7) is 8.40. The molecule has 0 aromatic carbocycles. The lowest BCUT2D eigenvalue weighted by Crippen LogP contribution is -2.39. The van der Waals surface area contributed by atoms with Crippen LogP contribution in [-0.4, -0.2) is 40.2 Å². The van der Waals surface area contributed by atoms with Gasteiger partial charge in [-0.05, 0) is 20.8 Å². The highest BCUT2D eigenvalue weighted by molar-refractivity contribution is 5.92. The molecule has 7 heteroatoms. The predicted molar refractivity (Wildman–Crippen MR) is 69.3 cm³/mol. The van der Waals surface area contributed by atoms with Gasteiger partial charge in [0.25, 0.3) is 5.91 Å². The molecule has 2 heterocycles. The summed E-state index contributed by atoms with van der Waals surface area (Å²) in [5.74, 6) is 1.49. The molecule has 0 spiro atoms. The summed E-state index contributed by atoms with van der Waals surface area (Å²) in [6.07, 6.45) is 0. The van der Waals surface area contributed by atoms with Crippen molar-refractivity contribution in [3.05, 3.63) is 23.2 Å². The van der Waals surface area contributed by atoms with E-state index in [0.29, 0.717) is 30.7 Å². The van der Waals surface area contributed by atoms with Crippen LogP contribution in [0.25, 0.3) is 0 Å². The molecule has 0 saturated carbocycles. The number of aromatic nitrogens is 2. The fourth-order valence-corrected chi connectivity index (χ4v) is 1.90. The molecule has 7 nitrogen and oxygen atoms in total. The largest absolute Gasteiger partial charge is 0.491 e. The second-order valence-corrected chi connectivity index (χ2v) is 4.84. The van der Waals surface area contributed by atoms with E-state index >= 15 is 0 Å². The molecular weight excluding hydrogens is 262 g/mol. The summed E-state index contributed by atoms with van der Waals surface area (Å²) in [5.41, 5.74) is 0. The van der Waals surface area contributed by atoms with Crippen molar-refractivity contribution >= 4 is 5.91 Å². The zero-order chi connectivity index (χ0) is 14.7. The molecule has 0 atom stereocenters. The molecule has 1 aliphatic heterocycles. The molecule has 0 radical (unpaired) electrons. The van der Waals surface area contributed by atoms with Crippen molar-refractivity contribution in [2.75, 3.05) is 13.2 Å². The van der Waals surface area contributed by atoms with E-state index in [0.717, 1.165) is 0 Å². The number of hydrogen-bond donors (Lipinski definition) is 0. The highest BCUT2D eigenvalue weighted by Gasteiger charge is 2.28. The lowest BCUT2D eigenvalue weighted by molar-refractivity contribution is -0.135. The average molecular weight is 281 g/mol. The molecule has 110 valence electrons. The molecule has 0 bridgehead atoms. The minimum absolute atomic E-state index is 0.0212. The van der Waals surface area contributed by atoms with Gasteiger partial charge in [0.2, 0.25) is 11.6 Å². The van der Waals surface area contributed by atoms with Crippen molar-refractivity contribution < 1.29 is 18.8 Å². The number of hydrogen-bond acceptors (Lipinski definition) is 6. The number of aryl methyl sites for hydroxylation is 1. The van der Waals surface area contributed by atoms with E-state index in [1.165, 1.54) is 0 Å². The summed E-state index contributed by atoms with van der Waals surface area (Å²) in [6, 6.07) is -0.0212. The van der Waals surface area contributed by atoms with E-state index in [9.17, 15) is 4.79 Å². The number of amides is 1. The molecule has 0 unspecified atom stereocenters. The molecule has 0 saturated heterocycles. The Balaban J connectivity index is 2.18. The molecular formula is C13H19N3O4. The minimum Gasteiger partial charge on any atom is -0.491 e. The van der Waals surface area contributed by atoms with Crippen molar-refractivity contribution in [3.63, 3.8) is 0 Å². The normalized spacial score (nSPS) is 15.1. The number of carbonyl (C=O) groups excluding carboxylic acids is 1. The second kappa shape index (κ2) is 5.94. The highest BCUT2D eigenvalue weighted by atomic mass is 16.6. The Morgan fingerprint density at radius 2 is 2.00 bits per heavy atom. The third-order valence-electron chi connectivity index (χ3n) is 2.93. The topological polar surface area (TPSA) is 77.7 Å². The Labute approximate surface area is 117 Å². The maximum atomic E-state index is 12.5. The quantitative estimate of drug-likeness (QED) is 0.830. The van der Waals surface area contributed by atoms with Crippen LogP contribution in [0.1, 0.15) is 32.5 Å². The maximum absolute atomic E-state index is 12.5. The van der Waals surface area contributed by atoms with Gasteiger partial charge < -0.3 is 18.9 Å². The van der Waals surface area contributed by atoms with Crippen LogP contribution in [0.3, 0.4) is 0 Å². The van der Waals surface area contributed by atoms with Gasteiger partial charge >= 0.3 is 0 Å². The van der Waals surface area contributed by atoms with E-state index in [-0.39, 0.29) is 24.3 Å². The van der Waals surface area contributed by atoms with E-state index in [1.54, 1.807) is 18.7 Å². The summed E-state index contributed by atoms with van der Waals surface area (Å²) >= 11 is 0. The number of carbonyl (C=O) groups is 1. The van der Waals surface area contributed by atoms with Crippen LogP contribution in [0.5, 0.6) is 0 Å². The zero-order valence-corrected chi connectivity index (χ0v) is 12.2. The van der Waals surface area contributed by atoms with Gasteiger partial charge in [-0.2, -0.15) is 4.98 Å². The van der Waals surface area contributed by atoms with Crippen molar-refractivity contribution in [1.82, 2.24) is 15.0 Å². The highest BCUT2D eigenvalue weighted by Crippen LogP contribution is 2.18. The van der Waals surface area contributed by atoms with Gasteiger partial charge in [0.1, 0.15) is 19.0 Å². The molecule has 1 aromatic heterocycles. The van der Waals surface area contributed by atoms with Gasteiger partial charge in [-0.3, -0.25) is 4.79 Å². The Morgan fingerprint density at radius 3 is 2.55 bits per heavy atom. The van der Waals surface area contributed by atoms with Crippen LogP contribution in [0.2, 0.25) is 0 Å². The van der Waals surface area contributed by atoms with E-state index in [4.69, 9.17) is 14.0 Å². The third kappa shape index (κ3) is 3.09. The van der Waals surface area contributed by atoms with Crippen LogP contribution in [0.15, 0.2) is 16.0 Å². The van der Waals surface area contributed by atoms with E-state index < -0.39 is 0 Å². The molecule has 1 aromatic rings. The molecule has 20 heavy (non-hydrogen) atoms. The molecule has 0 aliphatic carbocycles. The molecule has 2 rings (SSSR count). The van der Waals surface area contributed by atoms with Crippen LogP contribution in [0, 0.1) is 6.92 Å². The van der Waals surface area contributed by atoms with Crippen molar-refractivity contribution in [2.24, 2.45) is 0 Å².